The maximum atomic E-state index is 11.3. The number of nitrogens with one attached hydrogen (secondary N) is 1. The molecular formula is C17H25NO3. The molecule has 0 amide bonds. The van der Waals surface area contributed by atoms with Crippen molar-refractivity contribution in [3.05, 3.63) is 36.4 Å². The van der Waals surface area contributed by atoms with Gasteiger partial charge < -0.3 is 14.8 Å². The summed E-state index contributed by atoms with van der Waals surface area (Å²) in [6.07, 6.45) is 6.29. The van der Waals surface area contributed by atoms with Crippen LogP contribution < -0.4 is 10.1 Å². The number of ether oxygens (including phenoxy) is 2. The normalized spacial score (nSPS) is 12.1. The van der Waals surface area contributed by atoms with Crippen molar-refractivity contribution >= 4 is 11.7 Å². The summed E-state index contributed by atoms with van der Waals surface area (Å²) in [6, 6.07) is 8.15. The van der Waals surface area contributed by atoms with E-state index in [9.17, 15) is 4.79 Å². The first-order chi connectivity index (χ1) is 10.2. The maximum Gasteiger partial charge on any atom is 0.330 e. The lowest BCUT2D eigenvalue weighted by Crippen LogP contribution is -2.18. The van der Waals surface area contributed by atoms with E-state index in [0.717, 1.165) is 30.7 Å². The predicted octanol–water partition coefficient (Wildman–Crippen LogP) is 3.79. The molecule has 0 saturated carbocycles. The van der Waals surface area contributed by atoms with Crippen molar-refractivity contribution in [1.82, 2.24) is 0 Å². The number of hydrogen-bond donors (Lipinski definition) is 1. The Hall–Kier alpha value is -1.97. The second-order valence-corrected chi connectivity index (χ2v) is 4.75. The molecule has 0 fully saturated rings. The molecule has 0 unspecified atom stereocenters. The Labute approximate surface area is 127 Å². The highest BCUT2D eigenvalue weighted by Gasteiger charge is 2.06. The van der Waals surface area contributed by atoms with Crippen LogP contribution in [0, 0.1) is 0 Å². The summed E-state index contributed by atoms with van der Waals surface area (Å²) < 4.78 is 10.0. The molecule has 1 N–H and O–H groups in total. The fourth-order valence-electron chi connectivity index (χ4n) is 2.04. The van der Waals surface area contributed by atoms with Crippen LogP contribution in [0.1, 0.15) is 33.1 Å². The first-order valence-corrected chi connectivity index (χ1v) is 7.43. The van der Waals surface area contributed by atoms with Crippen LogP contribution in [0.5, 0.6) is 5.75 Å². The third-order valence-electron chi connectivity index (χ3n) is 3.06. The van der Waals surface area contributed by atoms with Crippen molar-refractivity contribution in [2.45, 2.75) is 39.2 Å². The SMILES string of the molecule is CCC[C@H](C/C=C/C(=O)OCC)Nc1ccc(OC)cc1. The van der Waals surface area contributed by atoms with E-state index in [4.69, 9.17) is 9.47 Å². The van der Waals surface area contributed by atoms with Gasteiger partial charge in [-0.1, -0.05) is 19.4 Å². The Morgan fingerprint density at radius 2 is 2.00 bits per heavy atom. The molecule has 21 heavy (non-hydrogen) atoms. The first-order valence-electron chi connectivity index (χ1n) is 7.43. The summed E-state index contributed by atoms with van der Waals surface area (Å²) in [6.45, 7) is 4.36. The smallest absolute Gasteiger partial charge is 0.330 e. The van der Waals surface area contributed by atoms with Gasteiger partial charge in [-0.15, -0.1) is 0 Å². The standard InChI is InChI=1S/C17H25NO3/c1-4-7-14(8-6-9-17(19)21-5-2)18-15-10-12-16(20-3)13-11-15/h6,9-14,18H,4-5,7-8H2,1-3H3/b9-6+/t14-/m1/s1. The van der Waals surface area contributed by atoms with Gasteiger partial charge in [-0.3, -0.25) is 0 Å². The van der Waals surface area contributed by atoms with E-state index < -0.39 is 0 Å². The number of esters is 1. The van der Waals surface area contributed by atoms with Crippen molar-refractivity contribution in [1.29, 1.82) is 0 Å². The molecule has 1 atom stereocenters. The summed E-state index contributed by atoms with van der Waals surface area (Å²) in [4.78, 5) is 11.3. The molecule has 0 radical (unpaired) electrons. The lowest BCUT2D eigenvalue weighted by atomic mass is 10.1. The number of benzene rings is 1. The number of hydrogen-bond acceptors (Lipinski definition) is 4. The molecule has 0 aliphatic heterocycles. The van der Waals surface area contributed by atoms with E-state index in [-0.39, 0.29) is 5.97 Å². The third kappa shape index (κ3) is 6.84. The quantitative estimate of drug-likeness (QED) is 0.555. The molecule has 116 valence electrons. The van der Waals surface area contributed by atoms with Crippen molar-refractivity contribution in [3.63, 3.8) is 0 Å². The number of methoxy groups -OCH3 is 1. The molecule has 4 heteroatoms. The molecule has 0 spiro atoms. The zero-order valence-corrected chi connectivity index (χ0v) is 13.1. The Morgan fingerprint density at radius 1 is 1.29 bits per heavy atom. The highest BCUT2D eigenvalue weighted by molar-refractivity contribution is 5.81. The van der Waals surface area contributed by atoms with Gasteiger partial charge in [0.2, 0.25) is 0 Å². The van der Waals surface area contributed by atoms with Gasteiger partial charge >= 0.3 is 5.97 Å². The lowest BCUT2D eigenvalue weighted by molar-refractivity contribution is -0.137. The maximum absolute atomic E-state index is 11.3. The molecular weight excluding hydrogens is 266 g/mol. The number of carbonyl (C=O) groups excluding carboxylic acids is 1. The highest BCUT2D eigenvalue weighted by atomic mass is 16.5. The van der Waals surface area contributed by atoms with E-state index in [1.807, 2.05) is 30.3 Å². The van der Waals surface area contributed by atoms with Crippen LogP contribution in [0.3, 0.4) is 0 Å². The minimum Gasteiger partial charge on any atom is -0.497 e. The van der Waals surface area contributed by atoms with Gasteiger partial charge in [0.05, 0.1) is 13.7 Å². The van der Waals surface area contributed by atoms with E-state index in [1.54, 1.807) is 14.0 Å². The average molecular weight is 291 g/mol. The van der Waals surface area contributed by atoms with Gasteiger partial charge in [-0.2, -0.15) is 0 Å². The van der Waals surface area contributed by atoms with Crippen LogP contribution in [0.2, 0.25) is 0 Å². The molecule has 0 aliphatic carbocycles. The van der Waals surface area contributed by atoms with Gasteiger partial charge in [0.15, 0.2) is 0 Å². The molecule has 0 heterocycles. The summed E-state index contributed by atoms with van der Waals surface area (Å²) in [7, 11) is 1.66. The second kappa shape index (κ2) is 9.86. The topological polar surface area (TPSA) is 47.6 Å². The van der Waals surface area contributed by atoms with Crippen LogP contribution >= 0.6 is 0 Å². The second-order valence-electron chi connectivity index (χ2n) is 4.75. The van der Waals surface area contributed by atoms with Gasteiger partial charge in [-0.05, 0) is 44.0 Å². The zero-order chi connectivity index (χ0) is 15.5. The Bertz CT molecular complexity index is 440. The van der Waals surface area contributed by atoms with Crippen LogP contribution in [-0.4, -0.2) is 25.7 Å². The summed E-state index contributed by atoms with van der Waals surface area (Å²) in [5.74, 6) is 0.562. The van der Waals surface area contributed by atoms with E-state index >= 15 is 0 Å². The molecule has 0 bridgehead atoms. The molecule has 1 aromatic carbocycles. The van der Waals surface area contributed by atoms with E-state index in [2.05, 4.69) is 12.2 Å². The molecule has 0 saturated heterocycles. The number of rotatable bonds is 9. The largest absolute Gasteiger partial charge is 0.497 e. The van der Waals surface area contributed by atoms with Crippen molar-refractivity contribution < 1.29 is 14.3 Å². The first kappa shape index (κ1) is 17.1. The van der Waals surface area contributed by atoms with Gasteiger partial charge in [-0.25, -0.2) is 4.79 Å². The Kier molecular flexibility index (Phi) is 8.02. The summed E-state index contributed by atoms with van der Waals surface area (Å²) in [5.41, 5.74) is 1.05. The monoisotopic (exact) mass is 291 g/mol. The van der Waals surface area contributed by atoms with Crippen LogP contribution in [0.15, 0.2) is 36.4 Å². The van der Waals surface area contributed by atoms with Gasteiger partial charge in [0.25, 0.3) is 0 Å². The van der Waals surface area contributed by atoms with Crippen LogP contribution in [0.4, 0.5) is 5.69 Å². The van der Waals surface area contributed by atoms with Crippen molar-refractivity contribution in [2.75, 3.05) is 19.0 Å². The van der Waals surface area contributed by atoms with Crippen LogP contribution in [-0.2, 0) is 9.53 Å². The van der Waals surface area contributed by atoms with E-state index in [1.165, 1.54) is 6.08 Å². The fraction of sp³-hybridized carbons (Fsp3) is 0.471. The highest BCUT2D eigenvalue weighted by Crippen LogP contribution is 2.18. The van der Waals surface area contributed by atoms with Crippen molar-refractivity contribution in [2.24, 2.45) is 0 Å². The number of carbonyl (C=O) groups is 1. The fourth-order valence-corrected chi connectivity index (χ4v) is 2.04. The Balaban J connectivity index is 2.53. The Morgan fingerprint density at radius 3 is 2.57 bits per heavy atom. The lowest BCUT2D eigenvalue weighted by Gasteiger charge is -2.18. The van der Waals surface area contributed by atoms with E-state index in [0.29, 0.717) is 12.6 Å². The van der Waals surface area contributed by atoms with Crippen LogP contribution in [0.25, 0.3) is 0 Å². The summed E-state index contributed by atoms with van der Waals surface area (Å²) >= 11 is 0. The van der Waals surface area contributed by atoms with Gasteiger partial charge in [0.1, 0.15) is 5.75 Å². The molecule has 0 aromatic heterocycles. The molecule has 1 aromatic rings. The minimum absolute atomic E-state index is 0.280. The molecule has 4 nitrogen and oxygen atoms in total. The molecule has 1 rings (SSSR count). The predicted molar refractivity (Wildman–Crippen MR) is 85.7 cm³/mol. The number of anilines is 1. The zero-order valence-electron chi connectivity index (χ0n) is 13.1. The third-order valence-corrected chi connectivity index (χ3v) is 3.06. The minimum atomic E-state index is -0.280. The van der Waals surface area contributed by atoms with Gasteiger partial charge in [0, 0.05) is 17.8 Å². The summed E-state index contributed by atoms with van der Waals surface area (Å²) in [5, 5.41) is 3.48. The average Bonchev–Trinajstić information content (AvgIpc) is 2.48. The van der Waals surface area contributed by atoms with Crippen molar-refractivity contribution in [3.8, 4) is 5.75 Å². The molecule has 0 aliphatic rings.